The molecule has 1 aromatic heterocycles. The zero-order valence-electron chi connectivity index (χ0n) is 10.9. The number of rotatable bonds is 3. The lowest BCUT2D eigenvalue weighted by Crippen LogP contribution is -2.17. The second-order valence-electron chi connectivity index (χ2n) is 4.46. The Labute approximate surface area is 120 Å². The number of imidazole rings is 1. The van der Waals surface area contributed by atoms with Crippen LogP contribution in [-0.4, -0.2) is 16.7 Å². The number of methoxy groups -OCH3 is 1. The third-order valence-electron chi connectivity index (χ3n) is 3.28. The van der Waals surface area contributed by atoms with Crippen molar-refractivity contribution in [1.82, 2.24) is 9.55 Å². The van der Waals surface area contributed by atoms with Crippen LogP contribution in [0.25, 0.3) is 11.0 Å². The minimum atomic E-state index is -0.181. The van der Waals surface area contributed by atoms with Crippen LogP contribution < -0.4 is 10.4 Å². The first-order valence-corrected chi connectivity index (χ1v) is 6.57. The van der Waals surface area contributed by atoms with Crippen molar-refractivity contribution < 1.29 is 4.74 Å². The van der Waals surface area contributed by atoms with Crippen LogP contribution in [0.15, 0.2) is 47.3 Å². The van der Waals surface area contributed by atoms with Crippen LogP contribution in [0.2, 0.25) is 5.02 Å². The lowest BCUT2D eigenvalue weighted by atomic mass is 10.2. The van der Waals surface area contributed by atoms with Gasteiger partial charge in [0.2, 0.25) is 0 Å². The summed E-state index contributed by atoms with van der Waals surface area (Å²) in [6.45, 7) is 0.434. The van der Waals surface area contributed by atoms with Gasteiger partial charge in [-0.3, -0.25) is 4.57 Å². The highest BCUT2D eigenvalue weighted by Crippen LogP contribution is 2.23. The van der Waals surface area contributed by atoms with E-state index in [9.17, 15) is 4.79 Å². The molecule has 0 spiro atoms. The molecule has 0 amide bonds. The van der Waals surface area contributed by atoms with Crippen LogP contribution in [0.3, 0.4) is 0 Å². The van der Waals surface area contributed by atoms with Crippen molar-refractivity contribution in [3.05, 3.63) is 63.5 Å². The normalized spacial score (nSPS) is 10.9. The number of H-pyrrole nitrogens is 1. The molecule has 3 rings (SSSR count). The zero-order chi connectivity index (χ0) is 14.1. The van der Waals surface area contributed by atoms with Crippen molar-refractivity contribution in [2.45, 2.75) is 6.54 Å². The van der Waals surface area contributed by atoms with Crippen molar-refractivity contribution in [3.8, 4) is 5.75 Å². The largest absolute Gasteiger partial charge is 0.496 e. The number of hydrogen-bond acceptors (Lipinski definition) is 2. The Morgan fingerprint density at radius 1 is 1.20 bits per heavy atom. The van der Waals surface area contributed by atoms with Gasteiger partial charge in [-0.1, -0.05) is 35.9 Å². The molecule has 0 fully saturated rings. The first kappa shape index (κ1) is 12.8. The van der Waals surface area contributed by atoms with E-state index in [0.717, 1.165) is 16.8 Å². The summed E-state index contributed by atoms with van der Waals surface area (Å²) in [6, 6.07) is 13.1. The first-order valence-electron chi connectivity index (χ1n) is 6.19. The summed E-state index contributed by atoms with van der Waals surface area (Å²) < 4.78 is 6.97. The fraction of sp³-hybridized carbons (Fsp3) is 0.133. The molecule has 0 saturated carbocycles. The fourth-order valence-electron chi connectivity index (χ4n) is 2.31. The Morgan fingerprint density at radius 2 is 2.00 bits per heavy atom. The van der Waals surface area contributed by atoms with E-state index in [1.807, 2.05) is 36.4 Å². The monoisotopic (exact) mass is 288 g/mol. The van der Waals surface area contributed by atoms with Crippen molar-refractivity contribution in [2.24, 2.45) is 0 Å². The predicted octanol–water partition coefficient (Wildman–Crippen LogP) is 3.04. The summed E-state index contributed by atoms with van der Waals surface area (Å²) in [7, 11) is 1.62. The highest BCUT2D eigenvalue weighted by Gasteiger charge is 2.11. The summed E-state index contributed by atoms with van der Waals surface area (Å²) in [5.74, 6) is 0.760. The molecule has 2 aromatic carbocycles. The third kappa shape index (κ3) is 2.08. The van der Waals surface area contributed by atoms with Crippen LogP contribution in [0.1, 0.15) is 5.56 Å². The molecule has 0 aliphatic heterocycles. The maximum absolute atomic E-state index is 12.1. The van der Waals surface area contributed by atoms with Crippen LogP contribution in [0.4, 0.5) is 0 Å². The Morgan fingerprint density at radius 3 is 2.80 bits per heavy atom. The number of nitrogens with zero attached hydrogens (tertiary/aromatic N) is 1. The highest BCUT2D eigenvalue weighted by atomic mass is 35.5. The number of aromatic nitrogens is 2. The molecule has 0 saturated heterocycles. The molecule has 4 nitrogen and oxygen atoms in total. The van der Waals surface area contributed by atoms with Gasteiger partial charge in [0.05, 0.1) is 29.7 Å². The molecule has 0 aliphatic rings. The van der Waals surface area contributed by atoms with Gasteiger partial charge in [0.25, 0.3) is 0 Å². The van der Waals surface area contributed by atoms with E-state index in [1.165, 1.54) is 0 Å². The molecule has 0 bridgehead atoms. The summed E-state index contributed by atoms with van der Waals surface area (Å²) in [4.78, 5) is 14.9. The van der Waals surface area contributed by atoms with Crippen molar-refractivity contribution in [1.29, 1.82) is 0 Å². The van der Waals surface area contributed by atoms with Crippen LogP contribution >= 0.6 is 11.6 Å². The van der Waals surface area contributed by atoms with Gasteiger partial charge in [-0.2, -0.15) is 0 Å². The molecule has 0 atom stereocenters. The summed E-state index contributed by atoms with van der Waals surface area (Å²) in [5, 5.41) is 0.540. The molecule has 5 heteroatoms. The number of benzene rings is 2. The summed E-state index contributed by atoms with van der Waals surface area (Å²) in [6.07, 6.45) is 0. The number of nitrogens with one attached hydrogen (secondary N) is 1. The fourth-order valence-corrected chi connectivity index (χ4v) is 2.52. The zero-order valence-corrected chi connectivity index (χ0v) is 11.6. The lowest BCUT2D eigenvalue weighted by Gasteiger charge is -2.09. The highest BCUT2D eigenvalue weighted by molar-refractivity contribution is 6.34. The molecular formula is C15H13ClN2O2. The van der Waals surface area contributed by atoms with Crippen LogP contribution in [0, 0.1) is 0 Å². The molecule has 20 heavy (non-hydrogen) atoms. The molecule has 3 aromatic rings. The van der Waals surface area contributed by atoms with Gasteiger partial charge in [0.1, 0.15) is 5.75 Å². The second-order valence-corrected chi connectivity index (χ2v) is 4.87. The van der Waals surface area contributed by atoms with Gasteiger partial charge in [0.15, 0.2) is 0 Å². The number of aromatic amines is 1. The molecule has 0 unspecified atom stereocenters. The molecule has 0 radical (unpaired) electrons. The maximum atomic E-state index is 12.1. The van der Waals surface area contributed by atoms with Gasteiger partial charge in [-0.25, -0.2) is 4.79 Å². The van der Waals surface area contributed by atoms with Crippen molar-refractivity contribution in [3.63, 3.8) is 0 Å². The average Bonchev–Trinajstić information content (AvgIpc) is 2.78. The Kier molecular flexibility index (Phi) is 3.24. The molecule has 0 aliphatic carbocycles. The topological polar surface area (TPSA) is 47.0 Å². The second kappa shape index (κ2) is 5.06. The van der Waals surface area contributed by atoms with Crippen LogP contribution in [-0.2, 0) is 6.54 Å². The molecule has 1 N–H and O–H groups in total. The molecule has 1 heterocycles. The Balaban J connectivity index is 2.14. The molecule has 102 valence electrons. The van der Waals surface area contributed by atoms with E-state index in [0.29, 0.717) is 17.1 Å². The van der Waals surface area contributed by atoms with Gasteiger partial charge in [0, 0.05) is 5.56 Å². The van der Waals surface area contributed by atoms with Gasteiger partial charge < -0.3 is 9.72 Å². The van der Waals surface area contributed by atoms with Crippen LogP contribution in [0.5, 0.6) is 5.75 Å². The Hall–Kier alpha value is -2.20. The maximum Gasteiger partial charge on any atom is 0.326 e. The van der Waals surface area contributed by atoms with E-state index in [-0.39, 0.29) is 5.69 Å². The Bertz CT molecular complexity index is 820. The van der Waals surface area contributed by atoms with E-state index in [2.05, 4.69) is 4.98 Å². The van der Waals surface area contributed by atoms with Gasteiger partial charge in [-0.15, -0.1) is 0 Å². The summed E-state index contributed by atoms with van der Waals surface area (Å²) >= 11 is 6.10. The minimum Gasteiger partial charge on any atom is -0.496 e. The van der Waals surface area contributed by atoms with E-state index >= 15 is 0 Å². The standard InChI is InChI=1S/C15H13ClN2O2/c1-20-13-8-3-2-5-10(13)9-18-12-7-4-6-11(16)14(12)17-15(18)19/h2-8H,9H2,1H3,(H,17,19). The van der Waals surface area contributed by atoms with E-state index in [4.69, 9.17) is 16.3 Å². The van der Waals surface area contributed by atoms with Gasteiger partial charge in [-0.05, 0) is 18.2 Å². The minimum absolute atomic E-state index is 0.181. The van der Waals surface area contributed by atoms with Gasteiger partial charge >= 0.3 is 5.69 Å². The third-order valence-corrected chi connectivity index (χ3v) is 3.60. The van der Waals surface area contributed by atoms with Crippen molar-refractivity contribution in [2.75, 3.05) is 7.11 Å². The number of halogens is 1. The quantitative estimate of drug-likeness (QED) is 0.805. The van der Waals surface area contributed by atoms with Crippen molar-refractivity contribution >= 4 is 22.6 Å². The number of ether oxygens (including phenoxy) is 1. The smallest absolute Gasteiger partial charge is 0.326 e. The average molecular weight is 289 g/mol. The predicted molar refractivity (Wildman–Crippen MR) is 79.7 cm³/mol. The summed E-state index contributed by atoms with van der Waals surface area (Å²) in [5.41, 5.74) is 2.21. The van der Waals surface area contributed by atoms with E-state index < -0.39 is 0 Å². The van der Waals surface area contributed by atoms with E-state index in [1.54, 1.807) is 17.7 Å². The number of fused-ring (bicyclic) bond motifs is 1. The lowest BCUT2D eigenvalue weighted by molar-refractivity contribution is 0.408. The number of para-hydroxylation sites is 2. The SMILES string of the molecule is COc1ccccc1Cn1c(=O)[nH]c2c(Cl)cccc21. The number of hydrogen-bond donors (Lipinski definition) is 1. The first-order chi connectivity index (χ1) is 9.70. The molecular weight excluding hydrogens is 276 g/mol.